The lowest BCUT2D eigenvalue weighted by Gasteiger charge is -2.06. The van der Waals surface area contributed by atoms with Gasteiger partial charge in [-0.1, -0.05) is 30.3 Å². The average molecular weight is 176 g/mol. The first kappa shape index (κ1) is 7.54. The molecule has 0 aromatic heterocycles. The van der Waals surface area contributed by atoms with Crippen LogP contribution in [0.4, 0.5) is 0 Å². The summed E-state index contributed by atoms with van der Waals surface area (Å²) in [5.41, 5.74) is 1.06. The van der Waals surface area contributed by atoms with E-state index in [4.69, 9.17) is 4.74 Å². The predicted octanol–water partition coefficient (Wildman–Crippen LogP) is 1.65. The standard InChI is InChI=1S/C11H12O2/c12-9(8-4-2-1-3-5-8)10-11(13-10)6-7-11/h1-5,9-10,12H,6-7H2. The number of aliphatic hydroxyl groups is 1. The van der Waals surface area contributed by atoms with Crippen molar-refractivity contribution in [2.45, 2.75) is 30.7 Å². The summed E-state index contributed by atoms with van der Waals surface area (Å²) in [6, 6.07) is 9.74. The maximum atomic E-state index is 9.91. The molecule has 2 nitrogen and oxygen atoms in total. The first-order valence-corrected chi connectivity index (χ1v) is 4.73. The van der Waals surface area contributed by atoms with Gasteiger partial charge in [0.15, 0.2) is 0 Å². The second-order valence-electron chi connectivity index (χ2n) is 3.96. The van der Waals surface area contributed by atoms with Crippen LogP contribution in [0, 0.1) is 0 Å². The molecule has 1 saturated heterocycles. The number of epoxide rings is 1. The smallest absolute Gasteiger partial charge is 0.117 e. The molecule has 68 valence electrons. The van der Waals surface area contributed by atoms with Crippen LogP contribution in [0.5, 0.6) is 0 Å². The average Bonchev–Trinajstić information content (AvgIpc) is 3.09. The molecule has 0 radical (unpaired) electrons. The Labute approximate surface area is 77.2 Å². The fourth-order valence-corrected chi connectivity index (χ4v) is 1.92. The zero-order valence-electron chi connectivity index (χ0n) is 7.31. The molecule has 0 bridgehead atoms. The predicted molar refractivity (Wildman–Crippen MR) is 48.2 cm³/mol. The molecule has 1 aromatic carbocycles. The molecule has 2 aliphatic rings. The SMILES string of the molecule is OC(c1ccccc1)C1OC12CC2. The molecule has 1 aliphatic carbocycles. The summed E-state index contributed by atoms with van der Waals surface area (Å²) in [7, 11) is 0. The lowest BCUT2D eigenvalue weighted by atomic mass is 10.0. The van der Waals surface area contributed by atoms with Gasteiger partial charge in [0.25, 0.3) is 0 Å². The molecule has 1 aromatic rings. The Kier molecular flexibility index (Phi) is 1.35. The van der Waals surface area contributed by atoms with Gasteiger partial charge < -0.3 is 9.84 Å². The highest BCUT2D eigenvalue weighted by Crippen LogP contribution is 2.60. The highest BCUT2D eigenvalue weighted by atomic mass is 16.6. The molecule has 1 heterocycles. The Hall–Kier alpha value is -0.860. The maximum Gasteiger partial charge on any atom is 0.117 e. The van der Waals surface area contributed by atoms with Crippen molar-refractivity contribution in [2.24, 2.45) is 0 Å². The van der Waals surface area contributed by atoms with Crippen LogP contribution in [-0.4, -0.2) is 16.8 Å². The van der Waals surface area contributed by atoms with Gasteiger partial charge in [0.1, 0.15) is 12.2 Å². The van der Waals surface area contributed by atoms with E-state index in [2.05, 4.69) is 0 Å². The summed E-state index contributed by atoms with van der Waals surface area (Å²) >= 11 is 0. The molecule has 1 saturated carbocycles. The zero-order valence-corrected chi connectivity index (χ0v) is 7.31. The fourth-order valence-electron chi connectivity index (χ4n) is 1.92. The second-order valence-corrected chi connectivity index (χ2v) is 3.96. The maximum absolute atomic E-state index is 9.91. The van der Waals surface area contributed by atoms with Crippen LogP contribution in [0.2, 0.25) is 0 Å². The molecule has 2 heteroatoms. The van der Waals surface area contributed by atoms with Gasteiger partial charge in [-0.3, -0.25) is 0 Å². The lowest BCUT2D eigenvalue weighted by molar-refractivity contribution is 0.137. The van der Waals surface area contributed by atoms with Crippen molar-refractivity contribution in [2.75, 3.05) is 0 Å². The summed E-state index contributed by atoms with van der Waals surface area (Å²) in [4.78, 5) is 0. The minimum absolute atomic E-state index is 0.0647. The molecule has 1 spiro atoms. The molecule has 1 aliphatic heterocycles. The summed E-state index contributed by atoms with van der Waals surface area (Å²) in [5, 5.41) is 9.91. The van der Waals surface area contributed by atoms with Crippen molar-refractivity contribution >= 4 is 0 Å². The highest BCUT2D eigenvalue weighted by molar-refractivity contribution is 5.26. The topological polar surface area (TPSA) is 32.8 Å². The van der Waals surface area contributed by atoms with E-state index in [0.29, 0.717) is 0 Å². The summed E-state index contributed by atoms with van der Waals surface area (Å²) in [6.07, 6.45) is 1.89. The van der Waals surface area contributed by atoms with Crippen molar-refractivity contribution < 1.29 is 9.84 Å². The van der Waals surface area contributed by atoms with E-state index in [1.54, 1.807) is 0 Å². The van der Waals surface area contributed by atoms with E-state index in [-0.39, 0.29) is 11.7 Å². The van der Waals surface area contributed by atoms with Crippen LogP contribution in [-0.2, 0) is 4.74 Å². The van der Waals surface area contributed by atoms with Gasteiger partial charge in [-0.25, -0.2) is 0 Å². The number of hydrogen-bond donors (Lipinski definition) is 1. The van der Waals surface area contributed by atoms with Crippen LogP contribution >= 0.6 is 0 Å². The Morgan fingerprint density at radius 2 is 2.00 bits per heavy atom. The Balaban J connectivity index is 1.79. The molecule has 13 heavy (non-hydrogen) atoms. The number of rotatable bonds is 2. The number of benzene rings is 1. The molecule has 1 N–H and O–H groups in total. The van der Waals surface area contributed by atoms with E-state index in [9.17, 15) is 5.11 Å². The summed E-state index contributed by atoms with van der Waals surface area (Å²) in [6.45, 7) is 0. The van der Waals surface area contributed by atoms with Crippen molar-refractivity contribution in [3.8, 4) is 0 Å². The number of ether oxygens (including phenoxy) is 1. The molecule has 3 rings (SSSR count). The lowest BCUT2D eigenvalue weighted by Crippen LogP contribution is -2.08. The van der Waals surface area contributed by atoms with Gasteiger partial charge in [-0.2, -0.15) is 0 Å². The van der Waals surface area contributed by atoms with Crippen LogP contribution < -0.4 is 0 Å². The molecular weight excluding hydrogens is 164 g/mol. The third-order valence-electron chi connectivity index (χ3n) is 2.99. The molecular formula is C11H12O2. The van der Waals surface area contributed by atoms with E-state index >= 15 is 0 Å². The van der Waals surface area contributed by atoms with Gasteiger partial charge in [0.05, 0.1) is 5.60 Å². The zero-order chi connectivity index (χ0) is 8.89. The van der Waals surface area contributed by atoms with Crippen LogP contribution in [0.25, 0.3) is 0 Å². The van der Waals surface area contributed by atoms with E-state index < -0.39 is 6.10 Å². The van der Waals surface area contributed by atoms with Crippen LogP contribution in [0.15, 0.2) is 30.3 Å². The first-order chi connectivity index (χ1) is 6.32. The molecule has 2 atom stereocenters. The number of hydrogen-bond acceptors (Lipinski definition) is 2. The minimum atomic E-state index is -0.427. The molecule has 0 amide bonds. The summed E-state index contributed by atoms with van der Waals surface area (Å²) < 4.78 is 5.48. The van der Waals surface area contributed by atoms with E-state index in [1.807, 2.05) is 30.3 Å². The Bertz CT molecular complexity index is 316. The van der Waals surface area contributed by atoms with Crippen molar-refractivity contribution in [1.29, 1.82) is 0 Å². The van der Waals surface area contributed by atoms with Crippen molar-refractivity contribution in [3.63, 3.8) is 0 Å². The van der Waals surface area contributed by atoms with Gasteiger partial charge in [0, 0.05) is 0 Å². The highest BCUT2D eigenvalue weighted by Gasteiger charge is 2.68. The normalized spacial score (nSPS) is 30.1. The van der Waals surface area contributed by atoms with Gasteiger partial charge in [-0.15, -0.1) is 0 Å². The fraction of sp³-hybridized carbons (Fsp3) is 0.455. The number of aliphatic hydroxyl groups excluding tert-OH is 1. The summed E-state index contributed by atoms with van der Waals surface area (Å²) in [5.74, 6) is 0. The minimum Gasteiger partial charge on any atom is -0.386 e. The second kappa shape index (κ2) is 2.34. The van der Waals surface area contributed by atoms with Crippen LogP contribution in [0.1, 0.15) is 24.5 Å². The molecule has 2 unspecified atom stereocenters. The Morgan fingerprint density at radius 3 is 2.54 bits per heavy atom. The first-order valence-electron chi connectivity index (χ1n) is 4.73. The van der Waals surface area contributed by atoms with E-state index in [1.165, 1.54) is 0 Å². The van der Waals surface area contributed by atoms with Gasteiger partial charge in [-0.05, 0) is 18.4 Å². The van der Waals surface area contributed by atoms with Gasteiger partial charge in [0.2, 0.25) is 0 Å². The largest absolute Gasteiger partial charge is 0.386 e. The molecule has 2 fully saturated rings. The third-order valence-corrected chi connectivity index (χ3v) is 2.99. The van der Waals surface area contributed by atoms with Crippen LogP contribution in [0.3, 0.4) is 0 Å². The van der Waals surface area contributed by atoms with Crippen molar-refractivity contribution in [3.05, 3.63) is 35.9 Å². The quantitative estimate of drug-likeness (QED) is 0.695. The monoisotopic (exact) mass is 176 g/mol. The Morgan fingerprint density at radius 1 is 1.31 bits per heavy atom. The third kappa shape index (κ3) is 1.10. The van der Waals surface area contributed by atoms with E-state index in [0.717, 1.165) is 18.4 Å². The van der Waals surface area contributed by atoms with Gasteiger partial charge >= 0.3 is 0 Å². The van der Waals surface area contributed by atoms with Crippen molar-refractivity contribution in [1.82, 2.24) is 0 Å².